The van der Waals surface area contributed by atoms with E-state index in [2.05, 4.69) is 43.4 Å². The highest BCUT2D eigenvalue weighted by Gasteiger charge is 2.26. The zero-order chi connectivity index (χ0) is 21.2. The molecule has 8 heteroatoms. The molecule has 1 aliphatic heterocycles. The summed E-state index contributed by atoms with van der Waals surface area (Å²) in [6.07, 6.45) is 6.25. The highest BCUT2D eigenvalue weighted by molar-refractivity contribution is 5.53. The van der Waals surface area contributed by atoms with Gasteiger partial charge in [0.15, 0.2) is 5.82 Å². The summed E-state index contributed by atoms with van der Waals surface area (Å²) < 4.78 is 13.9. The second-order valence-electron chi connectivity index (χ2n) is 8.56. The van der Waals surface area contributed by atoms with Gasteiger partial charge in [0.25, 0.3) is 0 Å². The molecule has 1 aromatic carbocycles. The molecule has 2 aliphatic rings. The first kappa shape index (κ1) is 19.9. The molecule has 31 heavy (non-hydrogen) atoms. The number of aromatic nitrogens is 4. The molecule has 5 rings (SSSR count). The van der Waals surface area contributed by atoms with E-state index in [1.165, 1.54) is 24.6 Å². The molecule has 2 fully saturated rings. The first-order chi connectivity index (χ1) is 15.2. The Hall–Kier alpha value is -3.00. The third-order valence-electron chi connectivity index (χ3n) is 6.29. The van der Waals surface area contributed by atoms with Gasteiger partial charge in [0.05, 0.1) is 0 Å². The van der Waals surface area contributed by atoms with Gasteiger partial charge in [-0.15, -0.1) is 0 Å². The summed E-state index contributed by atoms with van der Waals surface area (Å²) in [5, 5.41) is 10.7. The molecule has 0 amide bonds. The zero-order valence-electron chi connectivity index (χ0n) is 17.8. The number of hydrogen-bond donors (Lipinski definition) is 2. The first-order valence-electron chi connectivity index (χ1n) is 11.0. The van der Waals surface area contributed by atoms with Crippen molar-refractivity contribution >= 4 is 17.6 Å². The summed E-state index contributed by atoms with van der Waals surface area (Å²) in [5.74, 6) is 2.74. The molecule has 1 saturated heterocycles. The molecule has 1 aliphatic carbocycles. The minimum Gasteiger partial charge on any atom is -0.341 e. The van der Waals surface area contributed by atoms with Gasteiger partial charge >= 0.3 is 0 Å². The Morgan fingerprint density at radius 2 is 1.94 bits per heavy atom. The molecule has 0 atom stereocenters. The standard InChI is InChI=1S/C23H28FN7/c1-30(18-9-12-31(13-10-18)15-17-4-2-3-5-19(17)24)23-25-11-8-21(27-23)26-22-14-20(28-29-22)16-6-7-16/h2-5,8,11,14,16,18H,6-7,9-10,12-13,15H2,1H3,(H2,25,26,27,28,29). The third kappa shape index (κ3) is 4.69. The maximum Gasteiger partial charge on any atom is 0.227 e. The number of halogens is 1. The van der Waals surface area contributed by atoms with E-state index >= 15 is 0 Å². The quantitative estimate of drug-likeness (QED) is 0.599. The summed E-state index contributed by atoms with van der Waals surface area (Å²) in [6.45, 7) is 2.52. The van der Waals surface area contributed by atoms with Gasteiger partial charge in [0, 0.05) is 62.2 Å². The van der Waals surface area contributed by atoms with E-state index in [1.807, 2.05) is 18.2 Å². The van der Waals surface area contributed by atoms with Crippen molar-refractivity contribution < 1.29 is 4.39 Å². The molecule has 1 saturated carbocycles. The Morgan fingerprint density at radius 1 is 1.13 bits per heavy atom. The molecule has 3 aromatic rings. The highest BCUT2D eigenvalue weighted by Crippen LogP contribution is 2.39. The molecule has 0 unspecified atom stereocenters. The van der Waals surface area contributed by atoms with Crippen LogP contribution in [0.3, 0.4) is 0 Å². The Kier molecular flexibility index (Phi) is 5.55. The molecule has 0 spiro atoms. The van der Waals surface area contributed by atoms with Crippen molar-refractivity contribution in [2.45, 2.75) is 44.2 Å². The maximum absolute atomic E-state index is 13.9. The molecule has 3 heterocycles. The predicted octanol–water partition coefficient (Wildman–Crippen LogP) is 4.06. The van der Waals surface area contributed by atoms with Gasteiger partial charge in [-0.3, -0.25) is 10.00 Å². The lowest BCUT2D eigenvalue weighted by Gasteiger charge is -2.36. The summed E-state index contributed by atoms with van der Waals surface area (Å²) in [6, 6.07) is 11.3. The fourth-order valence-corrected chi connectivity index (χ4v) is 4.22. The number of rotatable bonds is 7. The Balaban J connectivity index is 1.18. The van der Waals surface area contributed by atoms with Crippen molar-refractivity contribution in [2.75, 3.05) is 30.4 Å². The number of nitrogens with zero attached hydrogens (tertiary/aromatic N) is 5. The fraction of sp³-hybridized carbons (Fsp3) is 0.435. The lowest BCUT2D eigenvalue weighted by atomic mass is 10.0. The van der Waals surface area contributed by atoms with Crippen molar-refractivity contribution in [1.29, 1.82) is 0 Å². The normalized spacial score (nSPS) is 17.6. The van der Waals surface area contributed by atoms with Gasteiger partial charge in [-0.05, 0) is 37.8 Å². The number of hydrogen-bond acceptors (Lipinski definition) is 6. The van der Waals surface area contributed by atoms with Crippen LogP contribution in [0, 0.1) is 5.82 Å². The zero-order valence-corrected chi connectivity index (χ0v) is 17.8. The highest BCUT2D eigenvalue weighted by atomic mass is 19.1. The maximum atomic E-state index is 13.9. The van der Waals surface area contributed by atoms with Gasteiger partial charge in [-0.1, -0.05) is 18.2 Å². The van der Waals surface area contributed by atoms with E-state index in [0.717, 1.165) is 43.1 Å². The average molecular weight is 422 g/mol. The largest absolute Gasteiger partial charge is 0.341 e. The number of H-pyrrole nitrogens is 1. The lowest BCUT2D eigenvalue weighted by Crippen LogP contribution is -2.43. The smallest absolute Gasteiger partial charge is 0.227 e. The molecule has 162 valence electrons. The number of piperidine rings is 1. The van der Waals surface area contributed by atoms with Crippen LogP contribution in [0.1, 0.15) is 42.9 Å². The van der Waals surface area contributed by atoms with Crippen molar-refractivity contribution in [1.82, 2.24) is 25.1 Å². The number of likely N-dealkylation sites (tertiary alicyclic amines) is 1. The monoisotopic (exact) mass is 421 g/mol. The van der Waals surface area contributed by atoms with Gasteiger partial charge in [0.2, 0.25) is 5.95 Å². The van der Waals surface area contributed by atoms with Crippen molar-refractivity contribution in [3.8, 4) is 0 Å². The first-order valence-corrected chi connectivity index (χ1v) is 11.0. The number of benzene rings is 1. The molecular formula is C23H28FN7. The predicted molar refractivity (Wildman–Crippen MR) is 119 cm³/mol. The average Bonchev–Trinajstić information content (AvgIpc) is 3.55. The molecule has 2 aromatic heterocycles. The van der Waals surface area contributed by atoms with Crippen molar-refractivity contribution in [3.05, 3.63) is 59.7 Å². The molecule has 7 nitrogen and oxygen atoms in total. The Morgan fingerprint density at radius 3 is 2.71 bits per heavy atom. The molecule has 0 bridgehead atoms. The molecular weight excluding hydrogens is 393 g/mol. The van der Waals surface area contributed by atoms with Gasteiger partial charge in [-0.25, -0.2) is 9.37 Å². The summed E-state index contributed by atoms with van der Waals surface area (Å²) >= 11 is 0. The van der Waals surface area contributed by atoms with E-state index in [-0.39, 0.29) is 5.82 Å². The van der Waals surface area contributed by atoms with E-state index in [1.54, 1.807) is 12.3 Å². The topological polar surface area (TPSA) is 73.0 Å². The molecule has 0 radical (unpaired) electrons. The minimum absolute atomic E-state index is 0.124. The van der Waals surface area contributed by atoms with E-state index in [9.17, 15) is 4.39 Å². The number of anilines is 3. The second-order valence-corrected chi connectivity index (χ2v) is 8.56. The van der Waals surface area contributed by atoms with E-state index in [0.29, 0.717) is 24.5 Å². The van der Waals surface area contributed by atoms with Crippen LogP contribution >= 0.6 is 0 Å². The van der Waals surface area contributed by atoms with E-state index < -0.39 is 0 Å². The van der Waals surface area contributed by atoms with Crippen LogP contribution in [0.15, 0.2) is 42.6 Å². The van der Waals surface area contributed by atoms with Crippen LogP contribution in [-0.2, 0) is 6.54 Å². The van der Waals surface area contributed by atoms with Crippen LogP contribution < -0.4 is 10.2 Å². The van der Waals surface area contributed by atoms with Gasteiger partial charge in [-0.2, -0.15) is 10.1 Å². The van der Waals surface area contributed by atoms with Crippen LogP contribution in [0.2, 0.25) is 0 Å². The van der Waals surface area contributed by atoms with Crippen LogP contribution in [0.4, 0.5) is 22.0 Å². The van der Waals surface area contributed by atoms with Gasteiger partial charge < -0.3 is 10.2 Å². The van der Waals surface area contributed by atoms with Crippen molar-refractivity contribution in [3.63, 3.8) is 0 Å². The Bertz CT molecular complexity index is 1020. The van der Waals surface area contributed by atoms with Crippen molar-refractivity contribution in [2.24, 2.45) is 0 Å². The Labute approximate surface area is 181 Å². The fourth-order valence-electron chi connectivity index (χ4n) is 4.22. The van der Waals surface area contributed by atoms with Crippen LogP contribution in [-0.4, -0.2) is 51.2 Å². The number of aromatic amines is 1. The number of nitrogens with one attached hydrogen (secondary N) is 2. The van der Waals surface area contributed by atoms with Gasteiger partial charge in [0.1, 0.15) is 11.6 Å². The summed E-state index contributed by atoms with van der Waals surface area (Å²) in [5.41, 5.74) is 1.95. The second kappa shape index (κ2) is 8.63. The summed E-state index contributed by atoms with van der Waals surface area (Å²) in [4.78, 5) is 13.7. The third-order valence-corrected chi connectivity index (χ3v) is 6.29. The van der Waals surface area contributed by atoms with Crippen LogP contribution in [0.25, 0.3) is 0 Å². The van der Waals surface area contributed by atoms with E-state index in [4.69, 9.17) is 4.98 Å². The minimum atomic E-state index is -0.124. The molecule has 2 N–H and O–H groups in total. The SMILES string of the molecule is CN(c1nccc(Nc2cc(C3CC3)[nH]n2)n1)C1CCN(Cc2ccccc2F)CC1. The summed E-state index contributed by atoms with van der Waals surface area (Å²) in [7, 11) is 2.05. The lowest BCUT2D eigenvalue weighted by molar-refractivity contribution is 0.200. The van der Waals surface area contributed by atoms with Crippen LogP contribution in [0.5, 0.6) is 0 Å².